The Kier molecular flexibility index (Phi) is 5.00. The maximum atomic E-state index is 12.6. The monoisotopic (exact) mass is 341 g/mol. The molecular formula is C14H19N3O5S. The molecule has 0 bridgehead atoms. The highest BCUT2D eigenvalue weighted by molar-refractivity contribution is 7.89. The SMILES string of the molecule is CC(C)C(=O)N1CCN(S(=O)(=O)c2cccc([N+](=O)[O-])c2)CC1. The highest BCUT2D eigenvalue weighted by Gasteiger charge is 2.31. The lowest BCUT2D eigenvalue weighted by atomic mass is 10.2. The lowest BCUT2D eigenvalue weighted by molar-refractivity contribution is -0.385. The maximum Gasteiger partial charge on any atom is 0.270 e. The smallest absolute Gasteiger partial charge is 0.270 e. The van der Waals surface area contributed by atoms with Crippen LogP contribution in [0.1, 0.15) is 13.8 Å². The molecule has 9 heteroatoms. The van der Waals surface area contributed by atoms with Crippen molar-refractivity contribution in [2.24, 2.45) is 5.92 Å². The molecule has 0 atom stereocenters. The fourth-order valence-corrected chi connectivity index (χ4v) is 3.88. The number of hydrogen-bond donors (Lipinski definition) is 0. The highest BCUT2D eigenvalue weighted by Crippen LogP contribution is 2.22. The Balaban J connectivity index is 2.15. The predicted molar refractivity (Wildman–Crippen MR) is 83.3 cm³/mol. The van der Waals surface area contributed by atoms with Crippen LogP contribution in [0.4, 0.5) is 5.69 Å². The zero-order chi connectivity index (χ0) is 17.2. The van der Waals surface area contributed by atoms with Crippen molar-refractivity contribution >= 4 is 21.6 Å². The predicted octanol–water partition coefficient (Wildman–Crippen LogP) is 1.08. The summed E-state index contributed by atoms with van der Waals surface area (Å²) in [6.45, 7) is 4.62. The van der Waals surface area contributed by atoms with Gasteiger partial charge >= 0.3 is 0 Å². The molecule has 1 aromatic carbocycles. The van der Waals surface area contributed by atoms with Gasteiger partial charge in [0.05, 0.1) is 9.82 Å². The second kappa shape index (κ2) is 6.63. The van der Waals surface area contributed by atoms with Gasteiger partial charge in [0.1, 0.15) is 0 Å². The minimum absolute atomic E-state index is 0.00241. The van der Waals surface area contributed by atoms with E-state index in [1.165, 1.54) is 22.5 Å². The third-order valence-electron chi connectivity index (χ3n) is 3.71. The van der Waals surface area contributed by atoms with Gasteiger partial charge in [-0.05, 0) is 6.07 Å². The molecule has 1 saturated heterocycles. The van der Waals surface area contributed by atoms with Gasteiger partial charge in [-0.2, -0.15) is 4.31 Å². The van der Waals surface area contributed by atoms with Gasteiger partial charge < -0.3 is 4.90 Å². The number of nitro benzene ring substituents is 1. The second-order valence-electron chi connectivity index (χ2n) is 5.64. The third kappa shape index (κ3) is 3.67. The minimum Gasteiger partial charge on any atom is -0.340 e. The molecule has 0 spiro atoms. The van der Waals surface area contributed by atoms with E-state index in [0.717, 1.165) is 6.07 Å². The molecule has 0 aliphatic carbocycles. The molecule has 126 valence electrons. The van der Waals surface area contributed by atoms with Crippen LogP contribution in [0.25, 0.3) is 0 Å². The number of piperazine rings is 1. The number of rotatable bonds is 4. The van der Waals surface area contributed by atoms with E-state index in [1.54, 1.807) is 18.7 Å². The zero-order valence-corrected chi connectivity index (χ0v) is 13.8. The van der Waals surface area contributed by atoms with Crippen LogP contribution in [-0.2, 0) is 14.8 Å². The van der Waals surface area contributed by atoms with Crippen LogP contribution in [0.5, 0.6) is 0 Å². The summed E-state index contributed by atoms with van der Waals surface area (Å²) in [6.07, 6.45) is 0. The van der Waals surface area contributed by atoms with Gasteiger partial charge in [-0.25, -0.2) is 8.42 Å². The normalized spacial score (nSPS) is 16.6. The number of hydrogen-bond acceptors (Lipinski definition) is 5. The Hall–Kier alpha value is -2.00. The summed E-state index contributed by atoms with van der Waals surface area (Å²) in [4.78, 5) is 23.6. The second-order valence-corrected chi connectivity index (χ2v) is 7.58. The highest BCUT2D eigenvalue weighted by atomic mass is 32.2. The van der Waals surface area contributed by atoms with Crippen molar-refractivity contribution in [3.05, 3.63) is 34.4 Å². The van der Waals surface area contributed by atoms with Crippen LogP contribution in [0.3, 0.4) is 0 Å². The molecule has 0 aromatic heterocycles. The van der Waals surface area contributed by atoms with E-state index >= 15 is 0 Å². The molecule has 0 saturated carbocycles. The van der Waals surface area contributed by atoms with Gasteiger partial charge in [-0.3, -0.25) is 14.9 Å². The molecule has 1 aliphatic rings. The first-order valence-electron chi connectivity index (χ1n) is 7.27. The van der Waals surface area contributed by atoms with Gasteiger partial charge in [0.15, 0.2) is 0 Å². The van der Waals surface area contributed by atoms with Crippen molar-refractivity contribution < 1.29 is 18.1 Å². The molecule has 2 rings (SSSR count). The van der Waals surface area contributed by atoms with Crippen LogP contribution < -0.4 is 0 Å². The van der Waals surface area contributed by atoms with E-state index in [-0.39, 0.29) is 35.5 Å². The van der Waals surface area contributed by atoms with E-state index in [2.05, 4.69) is 0 Å². The van der Waals surface area contributed by atoms with E-state index in [0.29, 0.717) is 13.1 Å². The summed E-state index contributed by atoms with van der Waals surface area (Å²) in [5.74, 6) is -0.132. The third-order valence-corrected chi connectivity index (χ3v) is 5.61. The summed E-state index contributed by atoms with van der Waals surface area (Å²) in [5, 5.41) is 10.8. The van der Waals surface area contributed by atoms with Crippen LogP contribution in [0, 0.1) is 16.0 Å². The zero-order valence-electron chi connectivity index (χ0n) is 13.0. The molecule has 8 nitrogen and oxygen atoms in total. The summed E-state index contributed by atoms with van der Waals surface area (Å²) in [6, 6.07) is 5.00. The number of benzene rings is 1. The molecule has 0 radical (unpaired) electrons. The largest absolute Gasteiger partial charge is 0.340 e. The fourth-order valence-electron chi connectivity index (χ4n) is 2.42. The minimum atomic E-state index is -3.80. The molecule has 1 heterocycles. The maximum absolute atomic E-state index is 12.6. The van der Waals surface area contributed by atoms with Gasteiger partial charge in [0.2, 0.25) is 15.9 Å². The molecule has 1 aromatic rings. The number of carbonyl (C=O) groups is 1. The summed E-state index contributed by atoms with van der Waals surface area (Å²) >= 11 is 0. The standard InChI is InChI=1S/C14H19N3O5S/c1-11(2)14(18)15-6-8-16(9-7-15)23(21,22)13-5-3-4-12(10-13)17(19)20/h3-5,10-11H,6-9H2,1-2H3. The summed E-state index contributed by atoms with van der Waals surface area (Å²) < 4.78 is 26.4. The summed E-state index contributed by atoms with van der Waals surface area (Å²) in [5.41, 5.74) is -0.264. The Morgan fingerprint density at radius 3 is 2.35 bits per heavy atom. The Labute approximate surface area is 134 Å². The lowest BCUT2D eigenvalue weighted by Gasteiger charge is -2.34. The summed E-state index contributed by atoms with van der Waals surface area (Å²) in [7, 11) is -3.80. The fraction of sp³-hybridized carbons (Fsp3) is 0.500. The van der Waals surface area contributed by atoms with Gasteiger partial charge in [0, 0.05) is 44.2 Å². The van der Waals surface area contributed by atoms with Crippen molar-refractivity contribution in [2.75, 3.05) is 26.2 Å². The van der Waals surface area contributed by atoms with Crippen LogP contribution in [-0.4, -0.2) is 54.6 Å². The van der Waals surface area contributed by atoms with Crippen molar-refractivity contribution in [2.45, 2.75) is 18.7 Å². The van der Waals surface area contributed by atoms with Crippen molar-refractivity contribution in [3.8, 4) is 0 Å². The number of nitro groups is 1. The van der Waals surface area contributed by atoms with Gasteiger partial charge in [0.25, 0.3) is 5.69 Å². The lowest BCUT2D eigenvalue weighted by Crippen LogP contribution is -2.51. The van der Waals surface area contributed by atoms with Crippen molar-refractivity contribution in [1.82, 2.24) is 9.21 Å². The first-order valence-corrected chi connectivity index (χ1v) is 8.71. The van der Waals surface area contributed by atoms with Crippen LogP contribution in [0.2, 0.25) is 0 Å². The molecule has 0 N–H and O–H groups in total. The topological polar surface area (TPSA) is 101 Å². The van der Waals surface area contributed by atoms with E-state index < -0.39 is 14.9 Å². The van der Waals surface area contributed by atoms with Crippen molar-refractivity contribution in [3.63, 3.8) is 0 Å². The molecule has 1 amide bonds. The average molecular weight is 341 g/mol. The number of sulfonamides is 1. The van der Waals surface area contributed by atoms with E-state index in [4.69, 9.17) is 0 Å². The van der Waals surface area contributed by atoms with Gasteiger partial charge in [-0.15, -0.1) is 0 Å². The Bertz CT molecular complexity index is 709. The van der Waals surface area contributed by atoms with E-state index in [9.17, 15) is 23.3 Å². The average Bonchev–Trinajstić information content (AvgIpc) is 2.54. The number of non-ortho nitro benzene ring substituents is 1. The number of amides is 1. The van der Waals surface area contributed by atoms with Gasteiger partial charge in [-0.1, -0.05) is 19.9 Å². The van der Waals surface area contributed by atoms with Crippen molar-refractivity contribution in [1.29, 1.82) is 0 Å². The first-order chi connectivity index (χ1) is 10.7. The van der Waals surface area contributed by atoms with Crippen LogP contribution in [0.15, 0.2) is 29.2 Å². The number of nitrogens with zero attached hydrogens (tertiary/aromatic N) is 3. The molecule has 1 aliphatic heterocycles. The molecular weight excluding hydrogens is 322 g/mol. The number of carbonyl (C=O) groups excluding carboxylic acids is 1. The van der Waals surface area contributed by atoms with E-state index in [1.807, 2.05) is 0 Å². The molecule has 0 unspecified atom stereocenters. The molecule has 23 heavy (non-hydrogen) atoms. The Morgan fingerprint density at radius 2 is 1.83 bits per heavy atom. The Morgan fingerprint density at radius 1 is 1.22 bits per heavy atom. The first kappa shape index (κ1) is 17.4. The quantitative estimate of drug-likeness (QED) is 0.602. The van der Waals surface area contributed by atoms with Crippen LogP contribution >= 0.6 is 0 Å². The molecule has 1 fully saturated rings.